The number of likely N-dealkylation sites (N-methyl/N-ethyl adjacent to an activating group) is 1. The van der Waals surface area contributed by atoms with E-state index in [-0.39, 0.29) is 0 Å². The van der Waals surface area contributed by atoms with Gasteiger partial charge in [0.1, 0.15) is 0 Å². The monoisotopic (exact) mass is 322 g/mol. The molecule has 1 aliphatic carbocycles. The molecule has 2 heteroatoms. The Morgan fingerprint density at radius 2 is 2.12 bits per heavy atom. The van der Waals surface area contributed by atoms with E-state index in [0.29, 0.717) is 0 Å². The standard InChI is InChI=1S/C22H30N2/c1-4-6-17-24(5-2)18-15-21(22-12-7-8-16-23-22)20-11-9-10-19(3)13-14-20/h7-9,11-16H,4-6,10,17-18H2,1-3H3/b21-15+. The summed E-state index contributed by atoms with van der Waals surface area (Å²) in [5.41, 5.74) is 4.91. The van der Waals surface area contributed by atoms with Gasteiger partial charge in [0.05, 0.1) is 5.69 Å². The second kappa shape index (κ2) is 10.0. The first kappa shape index (κ1) is 18.4. The van der Waals surface area contributed by atoms with Crippen LogP contribution in [0.4, 0.5) is 0 Å². The lowest BCUT2D eigenvalue weighted by molar-refractivity contribution is 0.313. The fourth-order valence-corrected chi connectivity index (χ4v) is 2.78. The first-order chi connectivity index (χ1) is 11.7. The van der Waals surface area contributed by atoms with Crippen molar-refractivity contribution in [2.45, 2.75) is 40.0 Å². The molecule has 0 aliphatic heterocycles. The summed E-state index contributed by atoms with van der Waals surface area (Å²) in [5, 5.41) is 0. The van der Waals surface area contributed by atoms with Gasteiger partial charge in [0.15, 0.2) is 0 Å². The summed E-state index contributed by atoms with van der Waals surface area (Å²) in [6.07, 6.45) is 16.7. The van der Waals surface area contributed by atoms with E-state index in [1.165, 1.54) is 29.6 Å². The van der Waals surface area contributed by atoms with Crippen LogP contribution in [0.15, 0.2) is 65.9 Å². The molecule has 0 N–H and O–H groups in total. The maximum atomic E-state index is 4.59. The highest BCUT2D eigenvalue weighted by molar-refractivity contribution is 5.80. The molecule has 0 aromatic carbocycles. The number of unbranched alkanes of at least 4 members (excludes halogenated alkanes) is 1. The van der Waals surface area contributed by atoms with Crippen LogP contribution in [0.5, 0.6) is 0 Å². The Kier molecular flexibility index (Phi) is 7.70. The molecule has 1 aromatic heterocycles. The van der Waals surface area contributed by atoms with Crippen molar-refractivity contribution >= 4 is 5.57 Å². The van der Waals surface area contributed by atoms with Gasteiger partial charge in [-0.3, -0.25) is 9.88 Å². The predicted octanol–water partition coefficient (Wildman–Crippen LogP) is 5.42. The lowest BCUT2D eigenvalue weighted by atomic mass is 10.0. The molecule has 0 unspecified atom stereocenters. The van der Waals surface area contributed by atoms with Crippen molar-refractivity contribution in [3.63, 3.8) is 0 Å². The van der Waals surface area contributed by atoms with E-state index in [9.17, 15) is 0 Å². The van der Waals surface area contributed by atoms with Crippen LogP contribution >= 0.6 is 0 Å². The van der Waals surface area contributed by atoms with E-state index >= 15 is 0 Å². The van der Waals surface area contributed by atoms with E-state index in [1.807, 2.05) is 12.3 Å². The third kappa shape index (κ3) is 5.61. The van der Waals surface area contributed by atoms with Crippen LogP contribution in [0.1, 0.15) is 45.7 Å². The highest BCUT2D eigenvalue weighted by Crippen LogP contribution is 2.25. The topological polar surface area (TPSA) is 16.1 Å². The van der Waals surface area contributed by atoms with Gasteiger partial charge in [-0.25, -0.2) is 0 Å². The molecule has 0 radical (unpaired) electrons. The lowest BCUT2D eigenvalue weighted by Crippen LogP contribution is -2.24. The van der Waals surface area contributed by atoms with Crippen LogP contribution in [0, 0.1) is 0 Å². The van der Waals surface area contributed by atoms with Crippen LogP contribution in [-0.2, 0) is 0 Å². The van der Waals surface area contributed by atoms with E-state index in [0.717, 1.165) is 31.7 Å². The Hall–Kier alpha value is -1.93. The fraction of sp³-hybridized carbons (Fsp3) is 0.409. The third-order valence-electron chi connectivity index (χ3n) is 4.37. The molecule has 1 aliphatic rings. The number of pyridine rings is 1. The molecule has 2 nitrogen and oxygen atoms in total. The third-order valence-corrected chi connectivity index (χ3v) is 4.37. The molecule has 2 rings (SSSR count). The highest BCUT2D eigenvalue weighted by Gasteiger charge is 2.09. The van der Waals surface area contributed by atoms with Gasteiger partial charge >= 0.3 is 0 Å². The molecular weight excluding hydrogens is 292 g/mol. The molecular formula is C22H30N2. The first-order valence-electron chi connectivity index (χ1n) is 9.12. The van der Waals surface area contributed by atoms with Crippen molar-refractivity contribution in [1.29, 1.82) is 0 Å². The van der Waals surface area contributed by atoms with E-state index in [4.69, 9.17) is 0 Å². The van der Waals surface area contributed by atoms with Gasteiger partial charge in [-0.1, -0.05) is 62.3 Å². The van der Waals surface area contributed by atoms with Crippen molar-refractivity contribution in [3.8, 4) is 0 Å². The van der Waals surface area contributed by atoms with Gasteiger partial charge in [0, 0.05) is 18.3 Å². The van der Waals surface area contributed by atoms with Gasteiger partial charge in [0.2, 0.25) is 0 Å². The minimum atomic E-state index is 0.969. The lowest BCUT2D eigenvalue weighted by Gasteiger charge is -2.19. The number of hydrogen-bond donors (Lipinski definition) is 0. The Balaban J connectivity index is 2.28. The van der Waals surface area contributed by atoms with E-state index in [2.05, 4.69) is 73.2 Å². The number of nitrogens with zero attached hydrogens (tertiary/aromatic N) is 2. The Bertz CT molecular complexity index is 621. The zero-order chi connectivity index (χ0) is 17.2. The smallest absolute Gasteiger partial charge is 0.0705 e. The SMILES string of the molecule is CCCCN(CC)C/C=C(\C1=CC=C(C)CC=C1)c1ccccn1. The van der Waals surface area contributed by atoms with E-state index < -0.39 is 0 Å². The minimum absolute atomic E-state index is 0.969. The van der Waals surface area contributed by atoms with Gasteiger partial charge < -0.3 is 0 Å². The molecule has 24 heavy (non-hydrogen) atoms. The Morgan fingerprint density at radius 1 is 1.25 bits per heavy atom. The summed E-state index contributed by atoms with van der Waals surface area (Å²) in [5.74, 6) is 0. The summed E-state index contributed by atoms with van der Waals surface area (Å²) in [4.78, 5) is 7.08. The summed E-state index contributed by atoms with van der Waals surface area (Å²) < 4.78 is 0. The molecule has 0 atom stereocenters. The van der Waals surface area contributed by atoms with Crippen molar-refractivity contribution in [2.24, 2.45) is 0 Å². The Morgan fingerprint density at radius 3 is 2.83 bits per heavy atom. The van der Waals surface area contributed by atoms with Crippen molar-refractivity contribution in [1.82, 2.24) is 9.88 Å². The number of allylic oxidation sites excluding steroid dienone is 7. The summed E-state index contributed by atoms with van der Waals surface area (Å²) in [6.45, 7) is 9.88. The Labute approximate surface area is 147 Å². The van der Waals surface area contributed by atoms with Crippen molar-refractivity contribution in [3.05, 3.63) is 71.6 Å². The van der Waals surface area contributed by atoms with Gasteiger partial charge in [-0.15, -0.1) is 0 Å². The molecule has 0 saturated heterocycles. The van der Waals surface area contributed by atoms with Crippen LogP contribution in [0.25, 0.3) is 5.57 Å². The first-order valence-corrected chi connectivity index (χ1v) is 9.12. The average molecular weight is 322 g/mol. The van der Waals surface area contributed by atoms with E-state index in [1.54, 1.807) is 0 Å². The highest BCUT2D eigenvalue weighted by atomic mass is 15.1. The van der Waals surface area contributed by atoms with Crippen molar-refractivity contribution < 1.29 is 0 Å². The summed E-state index contributed by atoms with van der Waals surface area (Å²) >= 11 is 0. The van der Waals surface area contributed by atoms with Gasteiger partial charge in [-0.2, -0.15) is 0 Å². The summed E-state index contributed by atoms with van der Waals surface area (Å²) in [6, 6.07) is 6.14. The molecule has 0 amide bonds. The second-order valence-electron chi connectivity index (χ2n) is 6.32. The molecule has 1 aromatic rings. The summed E-state index contributed by atoms with van der Waals surface area (Å²) in [7, 11) is 0. The largest absolute Gasteiger partial charge is 0.300 e. The number of rotatable bonds is 8. The zero-order valence-electron chi connectivity index (χ0n) is 15.3. The fourth-order valence-electron chi connectivity index (χ4n) is 2.78. The van der Waals surface area contributed by atoms with Crippen LogP contribution < -0.4 is 0 Å². The van der Waals surface area contributed by atoms with Crippen LogP contribution in [0.3, 0.4) is 0 Å². The van der Waals surface area contributed by atoms with Crippen LogP contribution in [-0.4, -0.2) is 29.5 Å². The number of aromatic nitrogens is 1. The molecule has 0 spiro atoms. The molecule has 0 fully saturated rings. The molecule has 0 bridgehead atoms. The predicted molar refractivity (Wildman–Crippen MR) is 105 cm³/mol. The number of hydrogen-bond acceptors (Lipinski definition) is 2. The molecule has 0 saturated carbocycles. The van der Waals surface area contributed by atoms with Crippen LogP contribution in [0.2, 0.25) is 0 Å². The minimum Gasteiger partial charge on any atom is -0.300 e. The molecule has 1 heterocycles. The maximum Gasteiger partial charge on any atom is 0.0705 e. The molecule has 128 valence electrons. The maximum absolute atomic E-state index is 4.59. The van der Waals surface area contributed by atoms with Gasteiger partial charge in [0.25, 0.3) is 0 Å². The second-order valence-corrected chi connectivity index (χ2v) is 6.32. The quantitative estimate of drug-likeness (QED) is 0.635. The average Bonchev–Trinajstić information content (AvgIpc) is 2.83. The van der Waals surface area contributed by atoms with Crippen molar-refractivity contribution in [2.75, 3.05) is 19.6 Å². The zero-order valence-corrected chi connectivity index (χ0v) is 15.3. The van der Waals surface area contributed by atoms with Gasteiger partial charge in [-0.05, 0) is 50.6 Å². The normalized spacial score (nSPS) is 15.2.